The number of anilines is 1. The van der Waals surface area contributed by atoms with Crippen LogP contribution in [0.5, 0.6) is 10.9 Å². The second-order valence-corrected chi connectivity index (χ2v) is 5.80. The monoisotopic (exact) mass is 321 g/mol. The topological polar surface area (TPSA) is 128 Å². The van der Waals surface area contributed by atoms with Crippen molar-refractivity contribution in [2.24, 2.45) is 0 Å². The van der Waals surface area contributed by atoms with Crippen LogP contribution in [0.1, 0.15) is 23.7 Å². The standard InChI is InChI=1S/C12H12BN3O5S/c1-5-2-6(20-12-16-15-11(14)22-12)3-7-10(5)8(4-9(17)18)21-13(7)19/h2-3,8,19H,4H2,1H3,(H2,14,15)(H,17,18)/t8-/m1/s1. The van der Waals surface area contributed by atoms with Crippen molar-refractivity contribution >= 4 is 35.0 Å². The van der Waals surface area contributed by atoms with E-state index in [0.717, 1.165) is 16.9 Å². The maximum Gasteiger partial charge on any atom is 0.492 e. The molecule has 1 atom stereocenters. The van der Waals surface area contributed by atoms with E-state index in [-0.39, 0.29) is 16.7 Å². The molecular weight excluding hydrogens is 309 g/mol. The Bertz CT molecular complexity index is 738. The van der Waals surface area contributed by atoms with E-state index in [1.54, 1.807) is 19.1 Å². The predicted octanol–water partition coefficient (Wildman–Crippen LogP) is 0.455. The first-order valence-electron chi connectivity index (χ1n) is 6.40. The summed E-state index contributed by atoms with van der Waals surface area (Å²) in [5.41, 5.74) is 7.44. The van der Waals surface area contributed by atoms with Crippen molar-refractivity contribution in [3.8, 4) is 10.9 Å². The second kappa shape index (κ2) is 5.56. The number of nitrogens with zero attached hydrogens (tertiary/aromatic N) is 2. The number of fused-ring (bicyclic) bond motifs is 1. The lowest BCUT2D eigenvalue weighted by molar-refractivity contribution is -0.138. The number of ether oxygens (including phenoxy) is 1. The third kappa shape index (κ3) is 2.75. The molecule has 4 N–H and O–H groups in total. The molecule has 10 heteroatoms. The number of hydrogen-bond donors (Lipinski definition) is 3. The summed E-state index contributed by atoms with van der Waals surface area (Å²) in [5.74, 6) is -0.542. The molecule has 22 heavy (non-hydrogen) atoms. The maximum absolute atomic E-state index is 10.9. The molecule has 8 nitrogen and oxygen atoms in total. The van der Waals surface area contributed by atoms with E-state index >= 15 is 0 Å². The van der Waals surface area contributed by atoms with Crippen LogP contribution in [0.4, 0.5) is 5.13 Å². The first kappa shape index (κ1) is 14.8. The summed E-state index contributed by atoms with van der Waals surface area (Å²) in [7, 11) is -1.18. The lowest BCUT2D eigenvalue weighted by Gasteiger charge is -2.12. The number of carboxylic acids is 1. The van der Waals surface area contributed by atoms with Crippen LogP contribution in [0.25, 0.3) is 0 Å². The Morgan fingerprint density at radius 1 is 1.55 bits per heavy atom. The van der Waals surface area contributed by atoms with Crippen LogP contribution in [0.2, 0.25) is 0 Å². The average Bonchev–Trinajstić information content (AvgIpc) is 2.94. The predicted molar refractivity (Wildman–Crippen MR) is 79.3 cm³/mol. The van der Waals surface area contributed by atoms with Gasteiger partial charge in [-0.05, 0) is 47.0 Å². The van der Waals surface area contributed by atoms with Gasteiger partial charge in [-0.2, -0.15) is 0 Å². The molecule has 0 radical (unpaired) electrons. The molecule has 0 saturated heterocycles. The molecule has 2 heterocycles. The minimum Gasteiger partial charge on any atom is -0.481 e. The lowest BCUT2D eigenvalue weighted by atomic mass is 9.77. The van der Waals surface area contributed by atoms with E-state index in [2.05, 4.69) is 10.2 Å². The molecule has 2 aromatic rings. The number of carbonyl (C=O) groups is 1. The molecular formula is C12H12BN3O5S. The molecule has 0 bridgehead atoms. The Kier molecular flexibility index (Phi) is 3.73. The molecule has 0 unspecified atom stereocenters. The number of aliphatic carboxylic acids is 1. The maximum atomic E-state index is 10.9. The van der Waals surface area contributed by atoms with Gasteiger partial charge < -0.3 is 25.3 Å². The Hall–Kier alpha value is -2.17. The van der Waals surface area contributed by atoms with Gasteiger partial charge in [0, 0.05) is 0 Å². The van der Waals surface area contributed by atoms with Gasteiger partial charge in [0.1, 0.15) is 5.75 Å². The van der Waals surface area contributed by atoms with Gasteiger partial charge in [0.05, 0.1) is 12.5 Å². The number of nitrogen functional groups attached to an aromatic ring is 1. The molecule has 3 rings (SSSR count). The largest absolute Gasteiger partial charge is 0.492 e. The van der Waals surface area contributed by atoms with Crippen LogP contribution in [0, 0.1) is 6.92 Å². The van der Waals surface area contributed by atoms with Gasteiger partial charge in [-0.1, -0.05) is 5.10 Å². The molecule has 114 valence electrons. The fourth-order valence-electron chi connectivity index (χ4n) is 2.46. The minimum absolute atomic E-state index is 0.210. The first-order chi connectivity index (χ1) is 10.4. The summed E-state index contributed by atoms with van der Waals surface area (Å²) in [6, 6.07) is 3.33. The molecule has 0 spiro atoms. The lowest BCUT2D eigenvalue weighted by Crippen LogP contribution is -2.28. The van der Waals surface area contributed by atoms with Crippen molar-refractivity contribution < 1.29 is 24.3 Å². The third-order valence-electron chi connectivity index (χ3n) is 3.26. The molecule has 1 aromatic heterocycles. The zero-order valence-electron chi connectivity index (χ0n) is 11.5. The van der Waals surface area contributed by atoms with Crippen molar-refractivity contribution in [2.75, 3.05) is 5.73 Å². The Morgan fingerprint density at radius 2 is 2.32 bits per heavy atom. The van der Waals surface area contributed by atoms with Crippen LogP contribution in [0.15, 0.2) is 12.1 Å². The van der Waals surface area contributed by atoms with Gasteiger partial charge in [-0.25, -0.2) is 0 Å². The molecule has 0 saturated carbocycles. The number of hydrogen-bond acceptors (Lipinski definition) is 8. The normalized spacial score (nSPS) is 16.6. The summed E-state index contributed by atoms with van der Waals surface area (Å²) in [4.78, 5) is 10.9. The van der Waals surface area contributed by atoms with Crippen molar-refractivity contribution in [1.29, 1.82) is 0 Å². The van der Waals surface area contributed by atoms with Crippen molar-refractivity contribution in [1.82, 2.24) is 10.2 Å². The summed E-state index contributed by atoms with van der Waals surface area (Å²) in [6.45, 7) is 1.80. The van der Waals surface area contributed by atoms with E-state index in [9.17, 15) is 9.82 Å². The molecule has 0 amide bonds. The Balaban J connectivity index is 1.92. The van der Waals surface area contributed by atoms with Gasteiger partial charge in [0.15, 0.2) is 0 Å². The fourth-order valence-corrected chi connectivity index (χ4v) is 2.94. The highest BCUT2D eigenvalue weighted by molar-refractivity contribution is 7.16. The summed E-state index contributed by atoms with van der Waals surface area (Å²) < 4.78 is 10.9. The van der Waals surface area contributed by atoms with E-state index in [1.165, 1.54) is 0 Å². The quantitative estimate of drug-likeness (QED) is 0.693. The minimum atomic E-state index is -1.18. The SMILES string of the molecule is Cc1cc(Oc2nnc(N)s2)cc2c1[C@@H](CC(=O)O)OB2O. The van der Waals surface area contributed by atoms with Crippen LogP contribution >= 0.6 is 11.3 Å². The van der Waals surface area contributed by atoms with Gasteiger partial charge in [-0.15, -0.1) is 5.10 Å². The van der Waals surface area contributed by atoms with Crippen LogP contribution in [-0.4, -0.2) is 33.4 Å². The van der Waals surface area contributed by atoms with Crippen LogP contribution in [0.3, 0.4) is 0 Å². The van der Waals surface area contributed by atoms with Gasteiger partial charge in [0.2, 0.25) is 5.13 Å². The summed E-state index contributed by atoms with van der Waals surface area (Å²) in [5, 5.41) is 26.9. The van der Waals surface area contributed by atoms with Crippen LogP contribution < -0.4 is 15.9 Å². The fraction of sp³-hybridized carbons (Fsp3) is 0.250. The number of rotatable bonds is 4. The number of carboxylic acid groups (broad SMARTS) is 1. The number of benzene rings is 1. The summed E-state index contributed by atoms with van der Waals surface area (Å²) in [6.07, 6.45) is -0.883. The first-order valence-corrected chi connectivity index (χ1v) is 7.22. The zero-order valence-corrected chi connectivity index (χ0v) is 12.3. The van der Waals surface area contributed by atoms with Gasteiger partial charge in [0.25, 0.3) is 0 Å². The molecule has 1 aliphatic rings. The number of aromatic nitrogens is 2. The molecule has 0 aliphatic carbocycles. The highest BCUT2D eigenvalue weighted by Crippen LogP contribution is 2.33. The smallest absolute Gasteiger partial charge is 0.481 e. The van der Waals surface area contributed by atoms with Crippen LogP contribution in [-0.2, 0) is 9.45 Å². The summed E-state index contributed by atoms with van der Waals surface area (Å²) >= 11 is 1.09. The number of aryl methyl sites for hydroxylation is 1. The zero-order chi connectivity index (χ0) is 15.9. The Labute approximate surface area is 129 Å². The molecule has 0 fully saturated rings. The van der Waals surface area contributed by atoms with Crippen molar-refractivity contribution in [3.05, 3.63) is 23.3 Å². The second-order valence-electron chi connectivity index (χ2n) is 4.83. The van der Waals surface area contributed by atoms with Gasteiger partial charge in [-0.3, -0.25) is 4.79 Å². The van der Waals surface area contributed by atoms with E-state index in [4.69, 9.17) is 20.2 Å². The van der Waals surface area contributed by atoms with Crippen molar-refractivity contribution in [2.45, 2.75) is 19.4 Å². The Morgan fingerprint density at radius 3 is 2.95 bits per heavy atom. The highest BCUT2D eigenvalue weighted by Gasteiger charge is 2.37. The highest BCUT2D eigenvalue weighted by atomic mass is 32.1. The average molecular weight is 321 g/mol. The van der Waals surface area contributed by atoms with Crippen molar-refractivity contribution in [3.63, 3.8) is 0 Å². The molecule has 1 aliphatic heterocycles. The van der Waals surface area contributed by atoms with E-state index in [1.807, 2.05) is 0 Å². The van der Waals surface area contributed by atoms with Gasteiger partial charge >= 0.3 is 18.3 Å². The van der Waals surface area contributed by atoms with E-state index < -0.39 is 19.2 Å². The third-order valence-corrected chi connectivity index (χ3v) is 3.89. The number of nitrogens with two attached hydrogens (primary N) is 1. The van der Waals surface area contributed by atoms with E-state index in [0.29, 0.717) is 16.8 Å². The molecule has 1 aromatic carbocycles.